The number of piperidine rings is 1. The number of urea groups is 1. The molecule has 2 saturated heterocycles. The Labute approximate surface area is 135 Å². The number of nitrogens with zero attached hydrogens (tertiary/aromatic N) is 2. The van der Waals surface area contributed by atoms with E-state index in [0.717, 1.165) is 0 Å². The normalized spacial score (nSPS) is 22.5. The van der Waals surface area contributed by atoms with Crippen LogP contribution in [-0.2, 0) is 14.3 Å². The number of carboxylic acid groups (broad SMARTS) is 1. The summed E-state index contributed by atoms with van der Waals surface area (Å²) in [6, 6.07) is -0.0707. The summed E-state index contributed by atoms with van der Waals surface area (Å²) in [7, 11) is 0. The van der Waals surface area contributed by atoms with E-state index in [1.807, 2.05) is 6.92 Å². The summed E-state index contributed by atoms with van der Waals surface area (Å²) >= 11 is 0. The molecule has 2 N–H and O–H groups in total. The zero-order chi connectivity index (χ0) is 16.8. The van der Waals surface area contributed by atoms with Crippen LogP contribution in [0.5, 0.6) is 0 Å². The fraction of sp³-hybridized carbons (Fsp3) is 0.800. The van der Waals surface area contributed by atoms with Crippen LogP contribution in [0.15, 0.2) is 0 Å². The van der Waals surface area contributed by atoms with Gasteiger partial charge in [0.2, 0.25) is 5.91 Å². The summed E-state index contributed by atoms with van der Waals surface area (Å²) in [6.07, 6.45) is 1.47. The Kier molecular flexibility index (Phi) is 6.20. The maximum atomic E-state index is 12.0. The SMILES string of the molecule is CCOCCNC(=O)N1CCC(N2CC(C(=O)O)CC2=O)CC1. The second-order valence-electron chi connectivity index (χ2n) is 5.93. The van der Waals surface area contributed by atoms with Crippen molar-refractivity contribution in [1.82, 2.24) is 15.1 Å². The lowest BCUT2D eigenvalue weighted by molar-refractivity contribution is -0.141. The van der Waals surface area contributed by atoms with Gasteiger partial charge in [-0.2, -0.15) is 0 Å². The molecular formula is C15H25N3O5. The number of ether oxygens (including phenoxy) is 1. The minimum Gasteiger partial charge on any atom is -0.481 e. The average molecular weight is 327 g/mol. The first-order valence-electron chi connectivity index (χ1n) is 8.15. The van der Waals surface area contributed by atoms with E-state index >= 15 is 0 Å². The molecule has 0 bridgehead atoms. The number of carboxylic acids is 1. The number of carbonyl (C=O) groups is 3. The number of aliphatic carboxylic acids is 1. The first-order valence-corrected chi connectivity index (χ1v) is 8.15. The third-order valence-electron chi connectivity index (χ3n) is 4.43. The minimum absolute atomic E-state index is 0.0410. The molecule has 3 amide bonds. The van der Waals surface area contributed by atoms with Crippen molar-refractivity contribution in [2.45, 2.75) is 32.2 Å². The highest BCUT2D eigenvalue weighted by atomic mass is 16.5. The highest BCUT2D eigenvalue weighted by Gasteiger charge is 2.39. The van der Waals surface area contributed by atoms with Crippen LogP contribution < -0.4 is 5.32 Å². The summed E-state index contributed by atoms with van der Waals surface area (Å²) in [5, 5.41) is 11.8. The molecule has 0 aromatic carbocycles. The number of hydrogen-bond donors (Lipinski definition) is 2. The first kappa shape index (κ1) is 17.5. The van der Waals surface area contributed by atoms with E-state index < -0.39 is 11.9 Å². The van der Waals surface area contributed by atoms with Gasteiger partial charge in [-0.25, -0.2) is 4.79 Å². The van der Waals surface area contributed by atoms with Crippen molar-refractivity contribution >= 4 is 17.9 Å². The molecular weight excluding hydrogens is 302 g/mol. The zero-order valence-corrected chi connectivity index (χ0v) is 13.5. The monoisotopic (exact) mass is 327 g/mol. The maximum Gasteiger partial charge on any atom is 0.317 e. The molecule has 0 aliphatic carbocycles. The molecule has 0 aromatic heterocycles. The van der Waals surface area contributed by atoms with Crippen LogP contribution in [-0.4, -0.2) is 78.2 Å². The van der Waals surface area contributed by atoms with Crippen LogP contribution in [0.3, 0.4) is 0 Å². The number of rotatable bonds is 6. The molecule has 2 fully saturated rings. The maximum absolute atomic E-state index is 12.0. The molecule has 0 saturated carbocycles. The largest absolute Gasteiger partial charge is 0.481 e. The van der Waals surface area contributed by atoms with E-state index in [0.29, 0.717) is 52.2 Å². The van der Waals surface area contributed by atoms with Crippen molar-refractivity contribution in [1.29, 1.82) is 0 Å². The molecule has 0 spiro atoms. The molecule has 0 radical (unpaired) electrons. The van der Waals surface area contributed by atoms with Gasteiger partial charge in [0.1, 0.15) is 0 Å². The fourth-order valence-corrected chi connectivity index (χ4v) is 3.12. The quantitative estimate of drug-likeness (QED) is 0.676. The molecule has 2 aliphatic rings. The van der Waals surface area contributed by atoms with Gasteiger partial charge in [0.15, 0.2) is 0 Å². The van der Waals surface area contributed by atoms with Gasteiger partial charge in [0.25, 0.3) is 0 Å². The van der Waals surface area contributed by atoms with E-state index in [2.05, 4.69) is 5.32 Å². The molecule has 0 aromatic rings. The van der Waals surface area contributed by atoms with Crippen molar-refractivity contribution in [2.24, 2.45) is 5.92 Å². The molecule has 23 heavy (non-hydrogen) atoms. The molecule has 1 atom stereocenters. The zero-order valence-electron chi connectivity index (χ0n) is 13.5. The number of hydrogen-bond acceptors (Lipinski definition) is 4. The lowest BCUT2D eigenvalue weighted by Crippen LogP contribution is -2.50. The van der Waals surface area contributed by atoms with E-state index in [1.54, 1.807) is 9.80 Å². The Morgan fingerprint density at radius 3 is 2.61 bits per heavy atom. The minimum atomic E-state index is -0.910. The molecule has 8 nitrogen and oxygen atoms in total. The van der Waals surface area contributed by atoms with Crippen molar-refractivity contribution in [3.8, 4) is 0 Å². The van der Waals surface area contributed by atoms with Gasteiger partial charge >= 0.3 is 12.0 Å². The van der Waals surface area contributed by atoms with Crippen molar-refractivity contribution in [3.05, 3.63) is 0 Å². The predicted octanol–water partition coefficient (Wildman–Crippen LogP) is 0.130. The molecule has 2 rings (SSSR count). The predicted molar refractivity (Wildman–Crippen MR) is 81.9 cm³/mol. The van der Waals surface area contributed by atoms with Crippen LogP contribution in [0.1, 0.15) is 26.2 Å². The standard InChI is InChI=1S/C15H25N3O5/c1-2-23-8-5-16-15(22)17-6-3-12(4-7-17)18-10-11(14(20)21)9-13(18)19/h11-12H,2-10H2,1H3,(H,16,22)(H,20,21). The van der Waals surface area contributed by atoms with Crippen LogP contribution in [0.2, 0.25) is 0 Å². The van der Waals surface area contributed by atoms with Crippen LogP contribution in [0.4, 0.5) is 4.79 Å². The van der Waals surface area contributed by atoms with Gasteiger partial charge < -0.3 is 25.0 Å². The van der Waals surface area contributed by atoms with Gasteiger partial charge in [-0.05, 0) is 19.8 Å². The summed E-state index contributed by atoms with van der Waals surface area (Å²) in [5.41, 5.74) is 0. The summed E-state index contributed by atoms with van der Waals surface area (Å²) in [6.45, 7) is 4.96. The lowest BCUT2D eigenvalue weighted by atomic mass is 10.0. The van der Waals surface area contributed by atoms with E-state index in [9.17, 15) is 14.4 Å². The van der Waals surface area contributed by atoms with E-state index in [-0.39, 0.29) is 24.4 Å². The van der Waals surface area contributed by atoms with Gasteiger partial charge in [-0.15, -0.1) is 0 Å². The van der Waals surface area contributed by atoms with Crippen molar-refractivity contribution in [2.75, 3.05) is 39.4 Å². The Morgan fingerprint density at radius 2 is 2.04 bits per heavy atom. The summed E-state index contributed by atoms with van der Waals surface area (Å²) in [5.74, 6) is -1.59. The Balaban J connectivity index is 1.74. The third-order valence-corrected chi connectivity index (χ3v) is 4.43. The van der Waals surface area contributed by atoms with Crippen LogP contribution in [0.25, 0.3) is 0 Å². The molecule has 2 aliphatic heterocycles. The fourth-order valence-electron chi connectivity index (χ4n) is 3.12. The second-order valence-corrected chi connectivity index (χ2v) is 5.93. The molecule has 130 valence electrons. The lowest BCUT2D eigenvalue weighted by Gasteiger charge is -2.36. The molecule has 8 heteroatoms. The van der Waals surface area contributed by atoms with Crippen molar-refractivity contribution in [3.63, 3.8) is 0 Å². The Bertz CT molecular complexity index is 448. The van der Waals surface area contributed by atoms with Gasteiger partial charge in [0.05, 0.1) is 12.5 Å². The number of amides is 3. The summed E-state index contributed by atoms with van der Waals surface area (Å²) in [4.78, 5) is 38.4. The Morgan fingerprint density at radius 1 is 1.35 bits per heavy atom. The highest BCUT2D eigenvalue weighted by molar-refractivity contribution is 5.86. The van der Waals surface area contributed by atoms with E-state index in [4.69, 9.17) is 9.84 Å². The van der Waals surface area contributed by atoms with Crippen molar-refractivity contribution < 1.29 is 24.2 Å². The van der Waals surface area contributed by atoms with Crippen LogP contribution in [0, 0.1) is 5.92 Å². The Hall–Kier alpha value is -1.83. The first-order chi connectivity index (χ1) is 11.0. The van der Waals surface area contributed by atoms with Gasteiger partial charge in [-0.3, -0.25) is 9.59 Å². The topological polar surface area (TPSA) is 99.2 Å². The molecule has 2 heterocycles. The second kappa shape index (κ2) is 8.14. The third kappa shape index (κ3) is 4.57. The highest BCUT2D eigenvalue weighted by Crippen LogP contribution is 2.25. The van der Waals surface area contributed by atoms with E-state index in [1.165, 1.54) is 0 Å². The molecule has 1 unspecified atom stereocenters. The van der Waals surface area contributed by atoms with Gasteiger partial charge in [0, 0.05) is 45.2 Å². The average Bonchev–Trinajstić information content (AvgIpc) is 2.94. The van der Waals surface area contributed by atoms with Crippen LogP contribution >= 0.6 is 0 Å². The number of carbonyl (C=O) groups excluding carboxylic acids is 2. The summed E-state index contributed by atoms with van der Waals surface area (Å²) < 4.78 is 5.17. The van der Waals surface area contributed by atoms with Gasteiger partial charge in [-0.1, -0.05) is 0 Å². The number of nitrogens with one attached hydrogen (secondary N) is 1. The number of likely N-dealkylation sites (tertiary alicyclic amines) is 2. The smallest absolute Gasteiger partial charge is 0.317 e.